The molecule has 0 bridgehead atoms. The predicted octanol–water partition coefficient (Wildman–Crippen LogP) is 5.80. The highest BCUT2D eigenvalue weighted by atomic mass is 35.5. The molecular weight excluding hydrogens is 408 g/mol. The summed E-state index contributed by atoms with van der Waals surface area (Å²) in [5.41, 5.74) is 1.44. The number of rotatable bonds is 10. The minimum atomic E-state index is -0.264. The molecule has 29 heavy (non-hydrogen) atoms. The van der Waals surface area contributed by atoms with Crippen LogP contribution in [0.2, 0.25) is 5.02 Å². The number of para-hydroxylation sites is 1. The number of benzene rings is 2. The lowest BCUT2D eigenvalue weighted by Gasteiger charge is -2.12. The summed E-state index contributed by atoms with van der Waals surface area (Å²) in [5, 5.41) is 12.0. The van der Waals surface area contributed by atoms with Crippen LogP contribution in [0.3, 0.4) is 0 Å². The molecule has 5 nitrogen and oxygen atoms in total. The second-order valence-electron chi connectivity index (χ2n) is 5.96. The van der Waals surface area contributed by atoms with Crippen molar-refractivity contribution in [1.29, 1.82) is 5.26 Å². The average Bonchev–Trinajstić information content (AvgIpc) is 2.72. The Kier molecular flexibility index (Phi) is 9.42. The van der Waals surface area contributed by atoms with Crippen molar-refractivity contribution in [1.82, 2.24) is 0 Å². The van der Waals surface area contributed by atoms with Gasteiger partial charge < -0.3 is 14.8 Å². The summed E-state index contributed by atoms with van der Waals surface area (Å²) in [5.74, 6) is 1.43. The molecule has 0 fully saturated rings. The Hall–Kier alpha value is -2.62. The van der Waals surface area contributed by atoms with Crippen LogP contribution in [0.15, 0.2) is 47.4 Å². The first-order valence-electron chi connectivity index (χ1n) is 9.17. The smallest absolute Gasteiger partial charge is 0.248 e. The molecule has 1 amide bonds. The average molecular weight is 431 g/mol. The SMILES string of the molecule is CCCOc1c(Cl)cc(C=CC(=O)Nc2ccccc2SCCC#N)cc1OC. The largest absolute Gasteiger partial charge is 0.493 e. The quantitative estimate of drug-likeness (QED) is 0.293. The monoisotopic (exact) mass is 430 g/mol. The van der Waals surface area contributed by atoms with Crippen molar-refractivity contribution < 1.29 is 14.3 Å². The van der Waals surface area contributed by atoms with Crippen molar-refractivity contribution in [2.45, 2.75) is 24.7 Å². The summed E-state index contributed by atoms with van der Waals surface area (Å²) in [6.45, 7) is 2.55. The molecule has 0 aliphatic rings. The summed E-state index contributed by atoms with van der Waals surface area (Å²) in [7, 11) is 1.55. The third-order valence-corrected chi connectivity index (χ3v) is 5.10. The van der Waals surface area contributed by atoms with Gasteiger partial charge in [0, 0.05) is 23.1 Å². The van der Waals surface area contributed by atoms with Crippen LogP contribution in [0.25, 0.3) is 6.08 Å². The second kappa shape index (κ2) is 12.1. The summed E-state index contributed by atoms with van der Waals surface area (Å²) in [6, 6.07) is 13.1. The van der Waals surface area contributed by atoms with E-state index in [-0.39, 0.29) is 5.91 Å². The fourth-order valence-electron chi connectivity index (χ4n) is 2.43. The maximum absolute atomic E-state index is 12.4. The molecule has 0 saturated heterocycles. The number of carbonyl (C=O) groups excluding carboxylic acids is 1. The van der Waals surface area contributed by atoms with Gasteiger partial charge in [-0.05, 0) is 42.3 Å². The van der Waals surface area contributed by atoms with Crippen molar-refractivity contribution in [2.24, 2.45) is 0 Å². The maximum atomic E-state index is 12.4. The third-order valence-electron chi connectivity index (χ3n) is 3.75. The number of nitriles is 1. The first-order chi connectivity index (χ1) is 14.1. The Balaban J connectivity index is 2.10. The van der Waals surface area contributed by atoms with Crippen LogP contribution in [0, 0.1) is 11.3 Å². The van der Waals surface area contributed by atoms with Crippen LogP contribution < -0.4 is 14.8 Å². The van der Waals surface area contributed by atoms with Gasteiger partial charge in [0.05, 0.1) is 30.5 Å². The van der Waals surface area contributed by atoms with E-state index in [2.05, 4.69) is 11.4 Å². The number of nitrogens with zero attached hydrogens (tertiary/aromatic N) is 1. The molecule has 2 rings (SSSR count). The van der Waals surface area contributed by atoms with Gasteiger partial charge in [-0.3, -0.25) is 4.79 Å². The molecule has 0 heterocycles. The number of methoxy groups -OCH3 is 1. The molecule has 152 valence electrons. The van der Waals surface area contributed by atoms with E-state index in [1.54, 1.807) is 25.3 Å². The fraction of sp³-hybridized carbons (Fsp3) is 0.273. The van der Waals surface area contributed by atoms with Gasteiger partial charge in [-0.15, -0.1) is 11.8 Å². The summed E-state index contributed by atoms with van der Waals surface area (Å²) in [6.07, 6.45) is 4.41. The zero-order valence-corrected chi connectivity index (χ0v) is 18.0. The van der Waals surface area contributed by atoms with Gasteiger partial charge in [-0.1, -0.05) is 30.7 Å². The van der Waals surface area contributed by atoms with Crippen molar-refractivity contribution >= 4 is 41.0 Å². The molecule has 0 aliphatic heterocycles. The number of hydrogen-bond acceptors (Lipinski definition) is 5. The Morgan fingerprint density at radius 3 is 2.86 bits per heavy atom. The molecule has 0 unspecified atom stereocenters. The van der Waals surface area contributed by atoms with Gasteiger partial charge in [0.1, 0.15) is 0 Å². The predicted molar refractivity (Wildman–Crippen MR) is 119 cm³/mol. The van der Waals surface area contributed by atoms with Crippen LogP contribution in [0.4, 0.5) is 5.69 Å². The Morgan fingerprint density at radius 2 is 2.14 bits per heavy atom. The van der Waals surface area contributed by atoms with Crippen LogP contribution in [0.5, 0.6) is 11.5 Å². The van der Waals surface area contributed by atoms with E-state index in [0.717, 1.165) is 16.9 Å². The van der Waals surface area contributed by atoms with Crippen molar-refractivity contribution in [3.63, 3.8) is 0 Å². The van der Waals surface area contributed by atoms with Gasteiger partial charge in [-0.25, -0.2) is 0 Å². The van der Waals surface area contributed by atoms with Crippen molar-refractivity contribution in [2.75, 3.05) is 24.8 Å². The zero-order valence-electron chi connectivity index (χ0n) is 16.4. The lowest BCUT2D eigenvalue weighted by atomic mass is 10.2. The molecule has 2 aromatic carbocycles. The highest BCUT2D eigenvalue weighted by Gasteiger charge is 2.11. The number of hydrogen-bond donors (Lipinski definition) is 1. The van der Waals surface area contributed by atoms with Crippen LogP contribution in [0.1, 0.15) is 25.3 Å². The zero-order chi connectivity index (χ0) is 21.1. The number of halogens is 1. The Bertz CT molecular complexity index is 909. The van der Waals surface area contributed by atoms with E-state index in [9.17, 15) is 4.79 Å². The molecule has 0 saturated carbocycles. The van der Waals surface area contributed by atoms with E-state index in [0.29, 0.717) is 41.0 Å². The topological polar surface area (TPSA) is 71.3 Å². The lowest BCUT2D eigenvalue weighted by Crippen LogP contribution is -2.08. The minimum Gasteiger partial charge on any atom is -0.493 e. The molecule has 0 aliphatic carbocycles. The molecule has 0 radical (unpaired) electrons. The van der Waals surface area contributed by atoms with E-state index in [4.69, 9.17) is 26.3 Å². The first-order valence-corrected chi connectivity index (χ1v) is 10.5. The van der Waals surface area contributed by atoms with E-state index >= 15 is 0 Å². The summed E-state index contributed by atoms with van der Waals surface area (Å²) < 4.78 is 11.0. The van der Waals surface area contributed by atoms with Gasteiger partial charge in [0.15, 0.2) is 11.5 Å². The summed E-state index contributed by atoms with van der Waals surface area (Å²) >= 11 is 7.84. The number of anilines is 1. The van der Waals surface area contributed by atoms with Crippen molar-refractivity contribution in [3.05, 3.63) is 53.1 Å². The van der Waals surface area contributed by atoms with Crippen LogP contribution in [-0.2, 0) is 4.79 Å². The molecular formula is C22H23ClN2O3S. The van der Waals surface area contributed by atoms with E-state index < -0.39 is 0 Å². The number of ether oxygens (including phenoxy) is 2. The van der Waals surface area contributed by atoms with Gasteiger partial charge >= 0.3 is 0 Å². The van der Waals surface area contributed by atoms with Crippen molar-refractivity contribution in [3.8, 4) is 17.6 Å². The Morgan fingerprint density at radius 1 is 1.34 bits per heavy atom. The molecule has 0 atom stereocenters. The number of thioether (sulfide) groups is 1. The van der Waals surface area contributed by atoms with E-state index in [1.165, 1.54) is 17.8 Å². The van der Waals surface area contributed by atoms with E-state index in [1.807, 2.05) is 31.2 Å². The van der Waals surface area contributed by atoms with Crippen LogP contribution >= 0.6 is 23.4 Å². The Labute approximate surface area is 180 Å². The maximum Gasteiger partial charge on any atom is 0.248 e. The standard InChI is InChI=1S/C22H23ClN2O3S/c1-3-12-28-22-17(23)14-16(15-19(22)27-2)9-10-21(26)25-18-7-4-5-8-20(18)29-13-6-11-24/h4-5,7-10,14-15H,3,6,12-13H2,1-2H3,(H,25,26). The number of carbonyl (C=O) groups is 1. The number of nitrogens with one attached hydrogen (secondary N) is 1. The lowest BCUT2D eigenvalue weighted by molar-refractivity contribution is -0.111. The van der Waals surface area contributed by atoms with Gasteiger partial charge in [-0.2, -0.15) is 5.26 Å². The fourth-order valence-corrected chi connectivity index (χ4v) is 3.57. The molecule has 0 aromatic heterocycles. The highest BCUT2D eigenvalue weighted by Crippen LogP contribution is 2.37. The number of amides is 1. The minimum absolute atomic E-state index is 0.264. The normalized spacial score (nSPS) is 10.6. The van der Waals surface area contributed by atoms with Crippen LogP contribution in [-0.4, -0.2) is 25.4 Å². The molecule has 2 aromatic rings. The molecule has 7 heteroatoms. The summed E-state index contributed by atoms with van der Waals surface area (Å²) in [4.78, 5) is 13.3. The second-order valence-corrected chi connectivity index (χ2v) is 7.50. The van der Waals surface area contributed by atoms with Gasteiger partial charge in [0.25, 0.3) is 0 Å². The molecule has 1 N–H and O–H groups in total. The first kappa shape index (κ1) is 22.7. The third kappa shape index (κ3) is 7.04. The molecule has 0 spiro atoms. The van der Waals surface area contributed by atoms with Gasteiger partial charge in [0.2, 0.25) is 5.91 Å². The highest BCUT2D eigenvalue weighted by molar-refractivity contribution is 7.99.